The number of phosphoric ester groups is 5. The number of aliphatic hydroxyl groups excluding tert-OH is 9. The molecule has 6 rings (SSSR count). The van der Waals surface area contributed by atoms with Gasteiger partial charge in [0.15, 0.2) is 55.1 Å². The molecule has 45 nitrogen and oxygen atoms in total. The number of carbonyl (C=O) groups is 3. The third-order valence-electron chi connectivity index (χ3n) is 21.9. The zero-order valence-electron chi connectivity index (χ0n) is 73.7. The summed E-state index contributed by atoms with van der Waals surface area (Å²) >= 11 is 0. The molecule has 6 heterocycles. The Morgan fingerprint density at radius 1 is 0.307 bits per heavy atom. The number of phosphoric acid groups is 5. The maximum atomic E-state index is 13.5. The number of Topliss-reactive ketones (excluding diaryl/α,β-unsaturated/α-hetero) is 3. The lowest BCUT2D eigenvalue weighted by Gasteiger charge is -2.41. The Labute approximate surface area is 741 Å². The summed E-state index contributed by atoms with van der Waals surface area (Å²) in [6.07, 6.45) is -12.7. The molecule has 0 amide bonds. The molecule has 0 saturated carbocycles. The summed E-state index contributed by atoms with van der Waals surface area (Å²) in [5, 5.41) is 89.5. The molecular weight excluding hydrogens is 1800 g/mol. The minimum atomic E-state index is -5.10. The fourth-order valence-corrected chi connectivity index (χ4v) is 18.8. The van der Waals surface area contributed by atoms with Crippen LogP contribution < -0.4 is 0 Å². The van der Waals surface area contributed by atoms with E-state index in [2.05, 4.69) is 0 Å². The van der Waals surface area contributed by atoms with Crippen LogP contribution in [0.4, 0.5) is 0 Å². The van der Waals surface area contributed by atoms with E-state index in [4.69, 9.17) is 107 Å². The van der Waals surface area contributed by atoms with Gasteiger partial charge in [0, 0.05) is 82.7 Å². The van der Waals surface area contributed by atoms with Gasteiger partial charge in [-0.3, -0.25) is 59.6 Å². The highest BCUT2D eigenvalue weighted by molar-refractivity contribution is 7.48. The van der Waals surface area contributed by atoms with Gasteiger partial charge in [-0.15, -0.1) is 0 Å². The van der Waals surface area contributed by atoms with E-state index in [1.54, 1.807) is 13.8 Å². The van der Waals surface area contributed by atoms with Crippen molar-refractivity contribution in [2.24, 2.45) is 23.7 Å². The molecule has 0 spiro atoms. The van der Waals surface area contributed by atoms with E-state index in [0.29, 0.717) is 64.2 Å². The second-order valence-electron chi connectivity index (χ2n) is 33.5. The van der Waals surface area contributed by atoms with E-state index in [0.717, 1.165) is 32.1 Å². The number of unbranched alkanes of at least 4 members (excludes halogenated alkanes) is 12. The molecule has 6 aliphatic heterocycles. The summed E-state index contributed by atoms with van der Waals surface area (Å²) in [5.41, 5.74) is -0.478. The van der Waals surface area contributed by atoms with Crippen molar-refractivity contribution in [3.05, 3.63) is 0 Å². The lowest BCUT2D eigenvalue weighted by atomic mass is 9.85. The lowest BCUT2D eigenvalue weighted by Crippen LogP contribution is -2.55. The van der Waals surface area contributed by atoms with Crippen molar-refractivity contribution in [1.29, 1.82) is 0 Å². The molecule has 6 aliphatic rings. The quantitative estimate of drug-likeness (QED) is 0.0267. The van der Waals surface area contributed by atoms with E-state index in [1.807, 2.05) is 34.6 Å². The molecule has 0 aromatic rings. The molecule has 0 radical (unpaired) electrons. The number of hydrogen-bond donors (Lipinski definition) is 14. The van der Waals surface area contributed by atoms with Crippen LogP contribution in [0.5, 0.6) is 0 Å². The Balaban J connectivity index is 0.914. The predicted octanol–water partition coefficient (Wildman–Crippen LogP) is 5.41. The van der Waals surface area contributed by atoms with Crippen LogP contribution in [-0.4, -0.2) is 335 Å². The lowest BCUT2D eigenvalue weighted by molar-refractivity contribution is -0.280. The Hall–Kier alpha value is -1.32. The van der Waals surface area contributed by atoms with Gasteiger partial charge in [-0.2, -0.15) is 0 Å². The van der Waals surface area contributed by atoms with Crippen molar-refractivity contribution >= 4 is 56.5 Å². The molecule has 6 fully saturated rings. The summed E-state index contributed by atoms with van der Waals surface area (Å²) in [6.45, 7) is 6.06. The predicted molar refractivity (Wildman–Crippen MR) is 440 cm³/mol. The van der Waals surface area contributed by atoms with Gasteiger partial charge in [-0.1, -0.05) is 85.5 Å². The third kappa shape index (κ3) is 43.5. The van der Waals surface area contributed by atoms with Crippen molar-refractivity contribution in [2.75, 3.05) is 119 Å². The molecule has 0 aromatic carbocycles. The number of hydrogen-bond acceptors (Lipinski definition) is 40. The molecule has 746 valence electrons. The van der Waals surface area contributed by atoms with Crippen LogP contribution in [0.3, 0.4) is 0 Å². The first-order valence-corrected chi connectivity index (χ1v) is 51.4. The Morgan fingerprint density at radius 2 is 0.591 bits per heavy atom. The van der Waals surface area contributed by atoms with Crippen LogP contribution >= 0.6 is 39.1 Å². The topological polar surface area (TPSA) is 632 Å². The smallest absolute Gasteiger partial charge is 0.394 e. The van der Waals surface area contributed by atoms with Crippen LogP contribution in [0.1, 0.15) is 203 Å². The van der Waals surface area contributed by atoms with E-state index >= 15 is 0 Å². The fourth-order valence-electron chi connectivity index (χ4n) is 14.3. The summed E-state index contributed by atoms with van der Waals surface area (Å²) in [4.78, 5) is 91.5. The molecule has 0 bridgehead atoms. The van der Waals surface area contributed by atoms with E-state index in [-0.39, 0.29) is 146 Å². The van der Waals surface area contributed by atoms with Crippen molar-refractivity contribution in [1.82, 2.24) is 0 Å². The zero-order valence-corrected chi connectivity index (χ0v) is 78.2. The minimum absolute atomic E-state index is 0.0534. The normalized spacial score (nSPS) is 32.6. The van der Waals surface area contributed by atoms with Crippen LogP contribution in [0.15, 0.2) is 0 Å². The van der Waals surface area contributed by atoms with Gasteiger partial charge < -0.3 is 132 Å². The summed E-state index contributed by atoms with van der Waals surface area (Å²) in [7, 11) is -24.7. The number of ketones is 3. The highest BCUT2D eigenvalue weighted by Crippen LogP contribution is 2.53. The van der Waals surface area contributed by atoms with Gasteiger partial charge in [0.1, 0.15) is 87.0 Å². The summed E-state index contributed by atoms with van der Waals surface area (Å²) < 4.78 is 193. The van der Waals surface area contributed by atoms with Crippen LogP contribution in [-0.2, 0) is 144 Å². The molecular formula is C77H143O45P5. The number of aliphatic hydroxyl groups is 9. The zero-order chi connectivity index (χ0) is 93.6. The molecule has 0 aliphatic carbocycles. The minimum Gasteiger partial charge on any atom is -0.394 e. The highest BCUT2D eigenvalue weighted by atomic mass is 31.2. The first-order valence-electron chi connectivity index (χ1n) is 43.9. The van der Waals surface area contributed by atoms with Gasteiger partial charge in [0.05, 0.1) is 96.6 Å². The largest absolute Gasteiger partial charge is 0.472 e. The van der Waals surface area contributed by atoms with Gasteiger partial charge in [-0.05, 0) is 84.5 Å². The Morgan fingerprint density at radius 3 is 0.921 bits per heavy atom. The average molecular weight is 1940 g/mol. The summed E-state index contributed by atoms with van der Waals surface area (Å²) in [5.74, 6) is -2.25. The van der Waals surface area contributed by atoms with Gasteiger partial charge >= 0.3 is 39.1 Å². The van der Waals surface area contributed by atoms with Gasteiger partial charge in [-0.25, -0.2) is 22.8 Å². The van der Waals surface area contributed by atoms with E-state index in [9.17, 15) is 108 Å². The molecule has 29 atom stereocenters. The molecule has 14 unspecified atom stereocenters. The van der Waals surface area contributed by atoms with E-state index in [1.165, 1.54) is 0 Å². The van der Waals surface area contributed by atoms with Crippen molar-refractivity contribution in [3.63, 3.8) is 0 Å². The van der Waals surface area contributed by atoms with Crippen molar-refractivity contribution < 1.29 is 214 Å². The summed E-state index contributed by atoms with van der Waals surface area (Å²) in [6, 6.07) is 0. The number of carbonyl (C=O) groups excluding carboxylic acids is 3. The standard InChI is InChI=1S/C77H143O45P5/c1-50-51(2)74(117-61(42-79)69(50)85)103-45-54(82)26-17-11-9-15-21-30-101-67-39-58(121-126(96,97)109-33-23-32-106-77(5,6)7)64(115-67)48-112-124(92,93)108-35-25-37-111-127(98,99)122-59-40-68(102-31-22-16-10-13-19-28-56(84)47-105-76-53(4)71(87)73(89)63(44-81)119-76)116-65(59)49-113-123(90,91)107-34-24-36-110-125(94,95)120-57-38-66(114-60(57)41-78)100-29-20-14-8-12-18-27-55(83)46-104-75-52(3)70(86)72(88)62(43-80)118-75/h50-53,57-76,78-81,85-89H,8-49H2,1-7H3,(H,90,91)(H,92,93)(H,94,95)(H,96,97)(H,98,99)/t50-,51?,52?,53?,57?,58?,59?,60-,61?,62?,63?,64-,65-,66+,67+,68+,69-,70-,71-,72+,73+,74-,75-,76-/m1/s1. The Kier molecular flexibility index (Phi) is 52.6. The fraction of sp³-hybridized carbons (Fsp3) is 0.961. The Bertz CT molecular complexity index is 3350. The molecule has 0 aromatic heterocycles. The maximum Gasteiger partial charge on any atom is 0.472 e. The molecule has 50 heteroatoms. The van der Waals surface area contributed by atoms with Crippen LogP contribution in [0.2, 0.25) is 0 Å². The first kappa shape index (κ1) is 114. The average Bonchev–Trinajstić information content (AvgIpc) is 1.74. The molecule has 14 N–H and O–H groups in total. The number of rotatable bonds is 69. The third-order valence-corrected chi connectivity index (χ3v) is 27.0. The monoisotopic (exact) mass is 1940 g/mol. The van der Waals surface area contributed by atoms with Gasteiger partial charge in [0.2, 0.25) is 0 Å². The molecule has 6 saturated heterocycles. The van der Waals surface area contributed by atoms with Crippen LogP contribution in [0, 0.1) is 23.7 Å². The van der Waals surface area contributed by atoms with Crippen molar-refractivity contribution in [3.8, 4) is 0 Å². The molecule has 127 heavy (non-hydrogen) atoms. The SMILES string of the molecule is CC1[C@H](OCC(=O)CCCCCCCO[C@@H]2CC(OP(=O)(O)OCCCOC(C)(C)C)[C@@H](COP(=O)(O)OCCCOP(=O)(O)OC3C[C@@H](OCCCCCCCC(=O)CO[C@@H]4OC(CO)[C@H](O)[C@H](O)C4C)O[C@@H]3COP(=O)(O)OCCCOP(=O)(O)OC3C[C@@H](OCCCCCCCC(=O)CO[C@@H]4OC(CO)[C@H](O)[C@H](O)C4C)O[C@@H]3CO)O2)OC(CO)[C@H](O)[C@@H]1C. The van der Waals surface area contributed by atoms with Gasteiger partial charge in [0.25, 0.3) is 0 Å². The van der Waals surface area contributed by atoms with Crippen LogP contribution in [0.25, 0.3) is 0 Å². The highest BCUT2D eigenvalue weighted by Gasteiger charge is 2.49. The van der Waals surface area contributed by atoms with Crippen molar-refractivity contribution in [2.45, 2.75) is 331 Å². The van der Waals surface area contributed by atoms with E-state index < -0.39 is 239 Å². The second-order valence-corrected chi connectivity index (χ2v) is 40.7. The first-order chi connectivity index (χ1) is 60.1. The maximum absolute atomic E-state index is 13.5. The number of ether oxygens (including phenoxy) is 13. The second kappa shape index (κ2) is 58.4.